The summed E-state index contributed by atoms with van der Waals surface area (Å²) in [5.74, 6) is 1.71. The SMILES string of the molecule is COc1ccc(OC)c(CN(Cc2ccco2)S(=O)(=O)c2ccc(Cl)s2)c1. The number of benzene rings is 1. The van der Waals surface area contributed by atoms with Gasteiger partial charge in [0.25, 0.3) is 10.0 Å². The maximum absolute atomic E-state index is 13.2. The summed E-state index contributed by atoms with van der Waals surface area (Å²) in [5.41, 5.74) is 0.676. The molecular formula is C18H18ClNO5S2. The van der Waals surface area contributed by atoms with E-state index < -0.39 is 10.0 Å². The minimum Gasteiger partial charge on any atom is -0.497 e. The van der Waals surface area contributed by atoms with Crippen LogP contribution in [0.3, 0.4) is 0 Å². The third kappa shape index (κ3) is 4.47. The first kappa shape index (κ1) is 19.8. The van der Waals surface area contributed by atoms with Crippen LogP contribution in [0.1, 0.15) is 11.3 Å². The van der Waals surface area contributed by atoms with Gasteiger partial charge in [-0.1, -0.05) is 11.6 Å². The van der Waals surface area contributed by atoms with E-state index >= 15 is 0 Å². The van der Waals surface area contributed by atoms with Gasteiger partial charge in [0, 0.05) is 12.1 Å². The molecule has 0 saturated heterocycles. The standard InChI is InChI=1S/C18H18ClNO5S2/c1-23-14-5-6-16(24-2)13(10-14)11-20(12-15-4-3-9-25-15)27(21,22)18-8-7-17(19)26-18/h3-10H,11-12H2,1-2H3. The predicted molar refractivity (Wildman–Crippen MR) is 104 cm³/mol. The fourth-order valence-corrected chi connectivity index (χ4v) is 5.58. The maximum Gasteiger partial charge on any atom is 0.253 e. The van der Waals surface area contributed by atoms with Crippen molar-refractivity contribution in [2.75, 3.05) is 14.2 Å². The molecule has 1 aromatic carbocycles. The zero-order valence-electron chi connectivity index (χ0n) is 14.7. The van der Waals surface area contributed by atoms with Gasteiger partial charge >= 0.3 is 0 Å². The van der Waals surface area contributed by atoms with Crippen molar-refractivity contribution in [3.05, 3.63) is 64.4 Å². The van der Waals surface area contributed by atoms with Gasteiger partial charge in [-0.25, -0.2) is 8.42 Å². The highest BCUT2D eigenvalue weighted by atomic mass is 35.5. The van der Waals surface area contributed by atoms with Crippen LogP contribution in [0.25, 0.3) is 0 Å². The molecule has 0 saturated carbocycles. The second-order valence-corrected chi connectivity index (χ2v) is 9.47. The van der Waals surface area contributed by atoms with Crippen LogP contribution in [-0.4, -0.2) is 26.9 Å². The Bertz CT molecular complexity index is 999. The van der Waals surface area contributed by atoms with Crippen LogP contribution in [0.15, 0.2) is 57.4 Å². The topological polar surface area (TPSA) is 69.0 Å². The van der Waals surface area contributed by atoms with Gasteiger partial charge in [-0.2, -0.15) is 4.31 Å². The highest BCUT2D eigenvalue weighted by Gasteiger charge is 2.28. The summed E-state index contributed by atoms with van der Waals surface area (Å²) in [4.78, 5) is 0. The van der Waals surface area contributed by atoms with Gasteiger partial charge in [0.2, 0.25) is 0 Å². The lowest BCUT2D eigenvalue weighted by Gasteiger charge is -2.22. The van der Waals surface area contributed by atoms with Gasteiger partial charge in [0.05, 0.1) is 31.4 Å². The summed E-state index contributed by atoms with van der Waals surface area (Å²) in [7, 11) is -0.698. The normalized spacial score (nSPS) is 11.7. The van der Waals surface area contributed by atoms with Gasteiger partial charge in [0.1, 0.15) is 21.5 Å². The summed E-state index contributed by atoms with van der Waals surface area (Å²) in [5, 5.41) is 0. The molecule has 0 atom stereocenters. The number of thiophene rings is 1. The van der Waals surface area contributed by atoms with E-state index in [0.717, 1.165) is 11.3 Å². The molecule has 0 spiro atoms. The van der Waals surface area contributed by atoms with E-state index in [1.807, 2.05) is 0 Å². The average molecular weight is 428 g/mol. The molecule has 0 aliphatic heterocycles. The van der Waals surface area contributed by atoms with E-state index in [1.165, 1.54) is 23.7 Å². The first-order valence-electron chi connectivity index (χ1n) is 7.93. The van der Waals surface area contributed by atoms with Crippen LogP contribution in [0.5, 0.6) is 11.5 Å². The zero-order valence-corrected chi connectivity index (χ0v) is 17.1. The molecule has 9 heteroatoms. The van der Waals surface area contributed by atoms with E-state index in [-0.39, 0.29) is 17.3 Å². The predicted octanol–water partition coefficient (Wildman–Crippen LogP) is 4.40. The number of furan rings is 1. The van der Waals surface area contributed by atoms with Crippen LogP contribution in [0, 0.1) is 0 Å². The Morgan fingerprint density at radius 2 is 1.93 bits per heavy atom. The minimum absolute atomic E-state index is 0.0746. The highest BCUT2D eigenvalue weighted by Crippen LogP contribution is 2.32. The highest BCUT2D eigenvalue weighted by molar-refractivity contribution is 7.91. The molecule has 0 amide bonds. The van der Waals surface area contributed by atoms with E-state index in [4.69, 9.17) is 25.5 Å². The van der Waals surface area contributed by atoms with Gasteiger partial charge in [-0.3, -0.25) is 0 Å². The number of ether oxygens (including phenoxy) is 2. The van der Waals surface area contributed by atoms with Crippen molar-refractivity contribution in [2.45, 2.75) is 17.3 Å². The quantitative estimate of drug-likeness (QED) is 0.532. The Morgan fingerprint density at radius 1 is 1.11 bits per heavy atom. The number of halogens is 1. The number of methoxy groups -OCH3 is 2. The summed E-state index contributed by atoms with van der Waals surface area (Å²) >= 11 is 6.95. The Hall–Kier alpha value is -2.00. The van der Waals surface area contributed by atoms with Crippen molar-refractivity contribution in [3.63, 3.8) is 0 Å². The van der Waals surface area contributed by atoms with Crippen LogP contribution >= 0.6 is 22.9 Å². The third-order valence-electron chi connectivity index (χ3n) is 3.89. The van der Waals surface area contributed by atoms with E-state index in [9.17, 15) is 8.42 Å². The molecule has 0 radical (unpaired) electrons. The largest absolute Gasteiger partial charge is 0.497 e. The van der Waals surface area contributed by atoms with Crippen molar-refractivity contribution in [1.29, 1.82) is 0 Å². The second-order valence-electron chi connectivity index (χ2n) is 5.59. The van der Waals surface area contributed by atoms with E-state index in [1.54, 1.807) is 43.5 Å². The number of hydrogen-bond donors (Lipinski definition) is 0. The molecular weight excluding hydrogens is 410 g/mol. The monoisotopic (exact) mass is 427 g/mol. The first-order valence-corrected chi connectivity index (χ1v) is 10.6. The Labute approximate surface area is 166 Å². The van der Waals surface area contributed by atoms with Crippen molar-refractivity contribution < 1.29 is 22.3 Å². The van der Waals surface area contributed by atoms with Crippen LogP contribution in [-0.2, 0) is 23.1 Å². The molecule has 0 unspecified atom stereocenters. The van der Waals surface area contributed by atoms with Crippen molar-refractivity contribution in [2.24, 2.45) is 0 Å². The number of sulfonamides is 1. The minimum atomic E-state index is -3.79. The molecule has 144 valence electrons. The number of hydrogen-bond acceptors (Lipinski definition) is 6. The first-order chi connectivity index (χ1) is 12.9. The lowest BCUT2D eigenvalue weighted by molar-refractivity contribution is 0.346. The summed E-state index contributed by atoms with van der Waals surface area (Å²) in [6.07, 6.45) is 1.51. The fraction of sp³-hybridized carbons (Fsp3) is 0.222. The molecule has 27 heavy (non-hydrogen) atoms. The molecule has 0 aliphatic rings. The third-order valence-corrected chi connectivity index (χ3v) is 7.38. The Balaban J connectivity index is 2.00. The van der Waals surface area contributed by atoms with Gasteiger partial charge < -0.3 is 13.9 Å². The van der Waals surface area contributed by atoms with Crippen LogP contribution in [0.4, 0.5) is 0 Å². The van der Waals surface area contributed by atoms with Crippen molar-refractivity contribution in [1.82, 2.24) is 4.31 Å². The molecule has 6 nitrogen and oxygen atoms in total. The number of rotatable bonds is 8. The summed E-state index contributed by atoms with van der Waals surface area (Å²) in [6, 6.07) is 11.8. The molecule has 3 rings (SSSR count). The smallest absolute Gasteiger partial charge is 0.253 e. The molecule has 0 bridgehead atoms. The fourth-order valence-electron chi connectivity index (χ4n) is 2.56. The second kappa shape index (κ2) is 8.35. The van der Waals surface area contributed by atoms with E-state index in [0.29, 0.717) is 27.2 Å². The Kier molecular flexibility index (Phi) is 6.11. The van der Waals surface area contributed by atoms with E-state index in [2.05, 4.69) is 0 Å². The molecule has 0 aliphatic carbocycles. The van der Waals surface area contributed by atoms with Crippen molar-refractivity contribution >= 4 is 33.0 Å². The van der Waals surface area contributed by atoms with Crippen LogP contribution < -0.4 is 9.47 Å². The lowest BCUT2D eigenvalue weighted by Crippen LogP contribution is -2.29. The summed E-state index contributed by atoms with van der Waals surface area (Å²) in [6.45, 7) is 0.157. The zero-order chi connectivity index (χ0) is 19.4. The molecule has 3 aromatic rings. The maximum atomic E-state index is 13.2. The summed E-state index contributed by atoms with van der Waals surface area (Å²) < 4.78 is 44.3. The molecule has 2 aromatic heterocycles. The molecule has 2 heterocycles. The average Bonchev–Trinajstić information content (AvgIpc) is 3.33. The van der Waals surface area contributed by atoms with Gasteiger partial charge in [-0.15, -0.1) is 11.3 Å². The van der Waals surface area contributed by atoms with Gasteiger partial charge in [0.15, 0.2) is 0 Å². The van der Waals surface area contributed by atoms with Gasteiger partial charge in [-0.05, 0) is 42.5 Å². The molecule has 0 N–H and O–H groups in total. The number of nitrogens with zero attached hydrogens (tertiary/aromatic N) is 1. The van der Waals surface area contributed by atoms with Crippen molar-refractivity contribution in [3.8, 4) is 11.5 Å². The lowest BCUT2D eigenvalue weighted by atomic mass is 10.2. The molecule has 0 fully saturated rings. The van der Waals surface area contributed by atoms with Crippen LogP contribution in [0.2, 0.25) is 4.34 Å². The Morgan fingerprint density at radius 3 is 2.52 bits per heavy atom.